The van der Waals surface area contributed by atoms with Crippen molar-refractivity contribution in [2.75, 3.05) is 0 Å². The number of hydrogen-bond acceptors (Lipinski definition) is 6. The smallest absolute Gasteiger partial charge is 0.387 e. The average Bonchev–Trinajstić information content (AvgIpc) is 2.53. The Kier molecular flexibility index (Phi) is 7.47. The van der Waals surface area contributed by atoms with Crippen LogP contribution in [0.25, 0.3) is 0 Å². The molecule has 6 nitrogen and oxygen atoms in total. The van der Waals surface area contributed by atoms with Crippen molar-refractivity contribution in [2.45, 2.75) is 32.7 Å². The molecule has 0 unspecified atom stereocenters. The standard InChI is InChI=1S/C17H26O6Si3/c1-8-16(18)20-24(3,4)22-26(7,15-13-11-10-12-14-15)23-25(5,6)21-17(19)9-2/h8-14H,1-2H2,3-7H3. The van der Waals surface area contributed by atoms with Gasteiger partial charge in [-0.3, -0.25) is 0 Å². The maximum absolute atomic E-state index is 11.6. The quantitative estimate of drug-likeness (QED) is 0.460. The molecule has 0 aliphatic heterocycles. The summed E-state index contributed by atoms with van der Waals surface area (Å²) in [6.07, 6.45) is 2.20. The highest BCUT2D eigenvalue weighted by Gasteiger charge is 2.48. The van der Waals surface area contributed by atoms with Crippen molar-refractivity contribution >= 4 is 42.8 Å². The van der Waals surface area contributed by atoms with E-state index in [1.165, 1.54) is 0 Å². The topological polar surface area (TPSA) is 71.1 Å². The molecule has 0 amide bonds. The fourth-order valence-corrected chi connectivity index (χ4v) is 13.7. The largest absolute Gasteiger partial charge is 0.492 e. The first kappa shape index (κ1) is 22.3. The Labute approximate surface area is 158 Å². The zero-order chi connectivity index (χ0) is 20.0. The first-order chi connectivity index (χ1) is 11.9. The molecule has 1 aromatic rings. The summed E-state index contributed by atoms with van der Waals surface area (Å²) in [6, 6.07) is 9.43. The second-order valence-electron chi connectivity index (χ2n) is 6.57. The lowest BCUT2D eigenvalue weighted by molar-refractivity contribution is -0.131. The van der Waals surface area contributed by atoms with E-state index < -0.39 is 37.6 Å². The van der Waals surface area contributed by atoms with Crippen molar-refractivity contribution in [3.63, 3.8) is 0 Å². The molecule has 0 spiro atoms. The summed E-state index contributed by atoms with van der Waals surface area (Å²) in [5, 5.41) is 0.852. The lowest BCUT2D eigenvalue weighted by atomic mass is 10.4. The van der Waals surface area contributed by atoms with Gasteiger partial charge in [0.05, 0.1) is 0 Å². The van der Waals surface area contributed by atoms with Gasteiger partial charge in [0, 0.05) is 12.2 Å². The Morgan fingerprint density at radius 2 is 1.19 bits per heavy atom. The van der Waals surface area contributed by atoms with Crippen LogP contribution in [0.4, 0.5) is 0 Å². The molecule has 9 heteroatoms. The van der Waals surface area contributed by atoms with Crippen LogP contribution in [0, 0.1) is 0 Å². The van der Waals surface area contributed by atoms with Crippen molar-refractivity contribution in [1.29, 1.82) is 0 Å². The number of carbonyl (C=O) groups is 2. The highest BCUT2D eigenvalue weighted by atomic mass is 28.5. The van der Waals surface area contributed by atoms with E-state index in [4.69, 9.17) is 17.1 Å². The first-order valence-corrected chi connectivity index (χ1v) is 16.0. The molecule has 142 valence electrons. The predicted octanol–water partition coefficient (Wildman–Crippen LogP) is 2.86. The summed E-state index contributed by atoms with van der Waals surface area (Å²) >= 11 is 0. The molecule has 0 saturated carbocycles. The van der Waals surface area contributed by atoms with Gasteiger partial charge in [0.15, 0.2) is 0 Å². The Bertz CT molecular complexity index is 636. The molecule has 0 N–H and O–H groups in total. The lowest BCUT2D eigenvalue weighted by Crippen LogP contribution is -2.63. The summed E-state index contributed by atoms with van der Waals surface area (Å²) in [5.74, 6) is -1.08. The van der Waals surface area contributed by atoms with Crippen LogP contribution < -0.4 is 5.19 Å². The summed E-state index contributed by atoms with van der Waals surface area (Å²) in [5.41, 5.74) is 0. The molecule has 0 atom stereocenters. The average molecular weight is 411 g/mol. The van der Waals surface area contributed by atoms with Gasteiger partial charge in [-0.05, 0) is 37.9 Å². The van der Waals surface area contributed by atoms with Gasteiger partial charge in [-0.25, -0.2) is 9.59 Å². The van der Waals surface area contributed by atoms with E-state index >= 15 is 0 Å². The molecule has 0 bridgehead atoms. The molecule has 0 aliphatic carbocycles. The van der Waals surface area contributed by atoms with Gasteiger partial charge in [0.2, 0.25) is 0 Å². The summed E-state index contributed by atoms with van der Waals surface area (Å²) in [6.45, 7) is 15.7. The Balaban J connectivity index is 3.19. The minimum atomic E-state index is -3.06. The third-order valence-corrected chi connectivity index (χ3v) is 13.0. The van der Waals surface area contributed by atoms with Crippen LogP contribution in [0.3, 0.4) is 0 Å². The third kappa shape index (κ3) is 6.84. The van der Waals surface area contributed by atoms with Crippen molar-refractivity contribution in [2.24, 2.45) is 0 Å². The van der Waals surface area contributed by atoms with Gasteiger partial charge < -0.3 is 17.1 Å². The van der Waals surface area contributed by atoms with E-state index in [9.17, 15) is 9.59 Å². The van der Waals surface area contributed by atoms with E-state index in [1.54, 1.807) is 26.2 Å². The number of benzene rings is 1. The van der Waals surface area contributed by atoms with Gasteiger partial charge in [0.25, 0.3) is 0 Å². The molecular weight excluding hydrogens is 384 g/mol. The van der Waals surface area contributed by atoms with Crippen LogP contribution >= 0.6 is 0 Å². The molecule has 0 radical (unpaired) electrons. The molecule has 26 heavy (non-hydrogen) atoms. The predicted molar refractivity (Wildman–Crippen MR) is 107 cm³/mol. The van der Waals surface area contributed by atoms with Crippen LogP contribution in [-0.2, 0) is 26.7 Å². The van der Waals surface area contributed by atoms with Crippen LogP contribution in [0.1, 0.15) is 0 Å². The van der Waals surface area contributed by atoms with Gasteiger partial charge in [-0.15, -0.1) is 0 Å². The maximum atomic E-state index is 11.6. The Morgan fingerprint density at radius 1 is 0.808 bits per heavy atom. The van der Waals surface area contributed by atoms with Gasteiger partial charge >= 0.3 is 37.6 Å². The molecule has 0 saturated heterocycles. The maximum Gasteiger partial charge on any atom is 0.387 e. The van der Waals surface area contributed by atoms with E-state index in [0.29, 0.717) is 0 Å². The fraction of sp³-hybridized carbons (Fsp3) is 0.294. The molecule has 0 aromatic heterocycles. The van der Waals surface area contributed by atoms with Crippen molar-refractivity contribution in [3.8, 4) is 0 Å². The normalized spacial score (nSPS) is 12.2. The second-order valence-corrected chi connectivity index (χ2v) is 16.7. The van der Waals surface area contributed by atoms with E-state index in [2.05, 4.69) is 13.2 Å². The van der Waals surface area contributed by atoms with Crippen molar-refractivity contribution < 1.29 is 26.7 Å². The van der Waals surface area contributed by atoms with Crippen LogP contribution in [0.15, 0.2) is 55.6 Å². The van der Waals surface area contributed by atoms with E-state index in [0.717, 1.165) is 17.3 Å². The van der Waals surface area contributed by atoms with Crippen LogP contribution in [0.5, 0.6) is 0 Å². The molecule has 0 fully saturated rings. The monoisotopic (exact) mass is 410 g/mol. The van der Waals surface area contributed by atoms with Gasteiger partial charge in [0.1, 0.15) is 0 Å². The molecule has 1 aromatic carbocycles. The zero-order valence-corrected chi connectivity index (χ0v) is 18.9. The van der Waals surface area contributed by atoms with E-state index in [1.807, 2.05) is 36.9 Å². The van der Waals surface area contributed by atoms with Crippen LogP contribution in [-0.4, -0.2) is 37.6 Å². The van der Waals surface area contributed by atoms with Gasteiger partial charge in [-0.2, -0.15) is 0 Å². The van der Waals surface area contributed by atoms with Crippen LogP contribution in [0.2, 0.25) is 32.7 Å². The molecule has 0 heterocycles. The molecular formula is C17H26O6Si3. The highest BCUT2D eigenvalue weighted by Crippen LogP contribution is 2.22. The van der Waals surface area contributed by atoms with E-state index in [-0.39, 0.29) is 0 Å². The Hall–Kier alpha value is -1.79. The Morgan fingerprint density at radius 3 is 1.54 bits per heavy atom. The first-order valence-electron chi connectivity index (χ1n) is 8.10. The fourth-order valence-electron chi connectivity index (χ4n) is 2.43. The van der Waals surface area contributed by atoms with Crippen molar-refractivity contribution in [1.82, 2.24) is 0 Å². The lowest BCUT2D eigenvalue weighted by Gasteiger charge is -2.38. The summed E-state index contributed by atoms with van der Waals surface area (Å²) < 4.78 is 23.5. The van der Waals surface area contributed by atoms with Gasteiger partial charge in [-0.1, -0.05) is 43.5 Å². The minimum Gasteiger partial charge on any atom is -0.492 e. The number of hydrogen-bond donors (Lipinski definition) is 0. The third-order valence-electron chi connectivity index (χ3n) is 3.21. The summed E-state index contributed by atoms with van der Waals surface area (Å²) in [4.78, 5) is 23.3. The molecule has 1 rings (SSSR count). The highest BCUT2D eigenvalue weighted by molar-refractivity contribution is 6.92. The zero-order valence-electron chi connectivity index (χ0n) is 15.9. The summed E-state index contributed by atoms with van der Waals surface area (Å²) in [7, 11) is -8.81. The molecule has 0 aliphatic rings. The number of rotatable bonds is 9. The minimum absolute atomic E-state index is 0.541. The second kappa shape index (κ2) is 8.73. The van der Waals surface area contributed by atoms with Crippen molar-refractivity contribution in [3.05, 3.63) is 55.6 Å². The number of carbonyl (C=O) groups excluding carboxylic acids is 2. The SMILES string of the molecule is C=CC(=O)O[Si](C)(C)O[Si](C)(O[Si](C)(C)OC(=O)C=C)c1ccccc1.